The Labute approximate surface area is 95.7 Å². The number of benzene rings is 1. The van der Waals surface area contributed by atoms with E-state index in [0.29, 0.717) is 5.69 Å². The molecule has 2 N–H and O–H groups in total. The van der Waals surface area contributed by atoms with Gasteiger partial charge in [0.05, 0.1) is 5.69 Å². The Kier molecular flexibility index (Phi) is 2.93. The second-order valence-corrected chi connectivity index (χ2v) is 3.93. The summed E-state index contributed by atoms with van der Waals surface area (Å²) in [6, 6.07) is 7.20. The Hall–Kier alpha value is -1.79. The second kappa shape index (κ2) is 4.38. The Morgan fingerprint density at radius 2 is 2.06 bits per heavy atom. The first-order chi connectivity index (χ1) is 7.74. The molecule has 0 aliphatic carbocycles. The van der Waals surface area contributed by atoms with Crippen molar-refractivity contribution in [3.8, 4) is 0 Å². The molecular weight excluding hydrogens is 228 g/mol. The van der Waals surface area contributed by atoms with Crippen LogP contribution in [0.15, 0.2) is 40.8 Å². The minimum Gasteiger partial charge on any atom is -0.288 e. The van der Waals surface area contributed by atoms with Crippen LogP contribution in [-0.4, -0.2) is 17.0 Å². The van der Waals surface area contributed by atoms with E-state index in [1.165, 1.54) is 28.3 Å². The molecule has 0 radical (unpaired) electrons. The maximum absolute atomic E-state index is 11.6. The molecule has 2 rings (SSSR count). The molecule has 2 amide bonds. The zero-order valence-electron chi connectivity index (χ0n) is 8.08. The van der Waals surface area contributed by atoms with Crippen molar-refractivity contribution in [2.24, 2.45) is 0 Å². The normalized spacial score (nSPS) is 13.2. The van der Waals surface area contributed by atoms with Gasteiger partial charge in [0.1, 0.15) is 0 Å². The van der Waals surface area contributed by atoms with Gasteiger partial charge in [0.2, 0.25) is 0 Å². The molecule has 0 spiro atoms. The molecule has 0 atom stereocenters. The molecule has 0 unspecified atom stereocenters. The second-order valence-electron chi connectivity index (χ2n) is 2.99. The van der Waals surface area contributed by atoms with E-state index in [9.17, 15) is 9.59 Å². The number of hydrogen-bond donors (Lipinski definition) is 2. The number of rotatable bonds is 0. The summed E-state index contributed by atoms with van der Waals surface area (Å²) in [6.07, 6.45) is 1.49. The number of amides is 2. The fourth-order valence-corrected chi connectivity index (χ4v) is 2.11. The summed E-state index contributed by atoms with van der Waals surface area (Å²) in [6.45, 7) is 0. The van der Waals surface area contributed by atoms with Crippen LogP contribution in [0.2, 0.25) is 0 Å². The van der Waals surface area contributed by atoms with Crippen LogP contribution in [0.5, 0.6) is 0 Å². The number of hydrogen-bond acceptors (Lipinski definition) is 4. The number of anilines is 1. The van der Waals surface area contributed by atoms with E-state index < -0.39 is 11.8 Å². The quantitative estimate of drug-likeness (QED) is 0.402. The fourth-order valence-electron chi connectivity index (χ4n) is 1.34. The third-order valence-corrected chi connectivity index (χ3v) is 2.90. The van der Waals surface area contributed by atoms with Gasteiger partial charge < -0.3 is 0 Å². The van der Waals surface area contributed by atoms with E-state index in [1.807, 2.05) is 12.1 Å². The first-order valence-electron chi connectivity index (χ1n) is 4.44. The van der Waals surface area contributed by atoms with Gasteiger partial charge in [0.25, 0.3) is 0 Å². The minimum absolute atomic E-state index is 0.628. The predicted octanol–water partition coefficient (Wildman–Crippen LogP) is 1.10. The third kappa shape index (κ3) is 1.80. The molecular formula is C10H8N2O3S. The summed E-state index contributed by atoms with van der Waals surface area (Å²) in [5.74, 6) is -1.89. The molecule has 16 heavy (non-hydrogen) atoms. The number of nitrogens with one attached hydrogen (secondary N) is 1. The number of para-hydroxylation sites is 1. The number of carbonyl (C=O) groups excluding carboxylic acids is 2. The van der Waals surface area contributed by atoms with Crippen molar-refractivity contribution >= 4 is 29.3 Å². The van der Waals surface area contributed by atoms with Gasteiger partial charge in [-0.25, -0.2) is 5.48 Å². The van der Waals surface area contributed by atoms with Gasteiger partial charge in [-0.2, -0.15) is 0 Å². The van der Waals surface area contributed by atoms with Crippen molar-refractivity contribution in [2.75, 3.05) is 4.90 Å². The number of hydroxylamine groups is 1. The van der Waals surface area contributed by atoms with Crippen LogP contribution < -0.4 is 10.4 Å². The molecule has 0 bridgehead atoms. The smallest absolute Gasteiger partial charge is 0.288 e. The number of nitrogens with zero attached hydrogens (tertiary/aromatic N) is 1. The van der Waals surface area contributed by atoms with Crippen LogP contribution in [0, 0.1) is 0 Å². The molecule has 5 nitrogen and oxygen atoms in total. The molecule has 0 aromatic heterocycles. The van der Waals surface area contributed by atoms with E-state index in [1.54, 1.807) is 17.5 Å². The number of thioether (sulfide) groups is 1. The summed E-state index contributed by atoms with van der Waals surface area (Å²) in [7, 11) is 0. The van der Waals surface area contributed by atoms with Crippen molar-refractivity contribution < 1.29 is 14.8 Å². The summed E-state index contributed by atoms with van der Waals surface area (Å²) in [5.41, 5.74) is 1.95. The Morgan fingerprint density at radius 1 is 1.31 bits per heavy atom. The lowest BCUT2D eigenvalue weighted by Crippen LogP contribution is -2.39. The lowest BCUT2D eigenvalue weighted by Gasteiger charge is -2.22. The van der Waals surface area contributed by atoms with Gasteiger partial charge >= 0.3 is 11.8 Å². The van der Waals surface area contributed by atoms with Crippen LogP contribution in [0.3, 0.4) is 0 Å². The van der Waals surface area contributed by atoms with Crippen molar-refractivity contribution in [1.29, 1.82) is 0 Å². The summed E-state index contributed by atoms with van der Waals surface area (Å²) >= 11 is 1.46. The SMILES string of the molecule is O=C(NO)C(=O)N1C=CSc2ccccc21. The van der Waals surface area contributed by atoms with Gasteiger partial charge in [0.15, 0.2) is 0 Å². The number of carbonyl (C=O) groups is 2. The Morgan fingerprint density at radius 3 is 2.81 bits per heavy atom. The highest BCUT2D eigenvalue weighted by Crippen LogP contribution is 2.34. The summed E-state index contributed by atoms with van der Waals surface area (Å²) < 4.78 is 0. The summed E-state index contributed by atoms with van der Waals surface area (Å²) in [4.78, 5) is 24.7. The van der Waals surface area contributed by atoms with Crippen LogP contribution in [-0.2, 0) is 9.59 Å². The average molecular weight is 236 g/mol. The van der Waals surface area contributed by atoms with Crippen molar-refractivity contribution in [3.05, 3.63) is 35.9 Å². The zero-order chi connectivity index (χ0) is 11.5. The van der Waals surface area contributed by atoms with Gasteiger partial charge in [-0.3, -0.25) is 19.7 Å². The van der Waals surface area contributed by atoms with E-state index in [0.717, 1.165) is 4.90 Å². The van der Waals surface area contributed by atoms with Crippen LogP contribution in [0.25, 0.3) is 0 Å². The standard InChI is InChI=1S/C10H8N2O3S/c13-9(11-15)10(14)12-5-6-16-8-4-2-1-3-7(8)12/h1-6,15H,(H,11,13). The monoisotopic (exact) mass is 236 g/mol. The first-order valence-corrected chi connectivity index (χ1v) is 5.32. The van der Waals surface area contributed by atoms with Crippen LogP contribution >= 0.6 is 11.8 Å². The molecule has 6 heteroatoms. The molecule has 1 aromatic carbocycles. The molecule has 1 aliphatic rings. The predicted molar refractivity (Wildman–Crippen MR) is 58.9 cm³/mol. The Bertz CT molecular complexity index is 473. The van der Waals surface area contributed by atoms with Gasteiger partial charge in [0, 0.05) is 11.1 Å². The maximum Gasteiger partial charge on any atom is 0.333 e. The van der Waals surface area contributed by atoms with Gasteiger partial charge in [-0.1, -0.05) is 23.9 Å². The van der Waals surface area contributed by atoms with E-state index in [2.05, 4.69) is 0 Å². The lowest BCUT2D eigenvalue weighted by atomic mass is 10.3. The highest BCUT2D eigenvalue weighted by Gasteiger charge is 2.24. The Balaban J connectivity index is 2.36. The zero-order valence-corrected chi connectivity index (χ0v) is 8.90. The molecule has 0 fully saturated rings. The van der Waals surface area contributed by atoms with E-state index in [-0.39, 0.29) is 0 Å². The van der Waals surface area contributed by atoms with Crippen LogP contribution in [0.4, 0.5) is 5.69 Å². The van der Waals surface area contributed by atoms with E-state index in [4.69, 9.17) is 5.21 Å². The van der Waals surface area contributed by atoms with Gasteiger partial charge in [-0.05, 0) is 17.5 Å². The molecule has 82 valence electrons. The van der Waals surface area contributed by atoms with Crippen molar-refractivity contribution in [3.63, 3.8) is 0 Å². The molecule has 1 aliphatic heterocycles. The number of fused-ring (bicyclic) bond motifs is 1. The third-order valence-electron chi connectivity index (χ3n) is 2.04. The van der Waals surface area contributed by atoms with Gasteiger partial charge in [-0.15, -0.1) is 0 Å². The topological polar surface area (TPSA) is 69.6 Å². The maximum atomic E-state index is 11.6. The largest absolute Gasteiger partial charge is 0.333 e. The fraction of sp³-hybridized carbons (Fsp3) is 0. The van der Waals surface area contributed by atoms with Crippen LogP contribution in [0.1, 0.15) is 0 Å². The van der Waals surface area contributed by atoms with Crippen molar-refractivity contribution in [2.45, 2.75) is 4.90 Å². The molecule has 1 heterocycles. The highest BCUT2D eigenvalue weighted by molar-refractivity contribution is 8.02. The lowest BCUT2D eigenvalue weighted by molar-refractivity contribution is -0.142. The average Bonchev–Trinajstić information content (AvgIpc) is 2.36. The van der Waals surface area contributed by atoms with E-state index >= 15 is 0 Å². The minimum atomic E-state index is -1.06. The molecule has 1 aromatic rings. The molecule has 0 saturated carbocycles. The highest BCUT2D eigenvalue weighted by atomic mass is 32.2. The first kappa shape index (κ1) is 10.7. The van der Waals surface area contributed by atoms with Crippen molar-refractivity contribution in [1.82, 2.24) is 5.48 Å². The molecule has 0 saturated heterocycles. The summed E-state index contributed by atoms with van der Waals surface area (Å²) in [5, 5.41) is 10.1.